The number of amides is 1. The molecule has 2 rings (SSSR count). The third-order valence-electron chi connectivity index (χ3n) is 3.02. The Morgan fingerprint density at radius 1 is 1.35 bits per heavy atom. The van der Waals surface area contributed by atoms with Crippen LogP contribution in [0, 0.1) is 3.57 Å². The fourth-order valence-electron chi connectivity index (χ4n) is 1.92. The number of nitrogens with two attached hydrogens (primary N) is 1. The minimum absolute atomic E-state index is 0.336. The van der Waals surface area contributed by atoms with Crippen LogP contribution in [0.1, 0.15) is 11.1 Å². The lowest BCUT2D eigenvalue weighted by atomic mass is 10.2. The molecule has 2 aromatic rings. The van der Waals surface area contributed by atoms with Gasteiger partial charge in [0.1, 0.15) is 6.61 Å². The summed E-state index contributed by atoms with van der Waals surface area (Å²) in [5, 5.41) is 0.655. The molecule has 0 saturated heterocycles. The fourth-order valence-corrected chi connectivity index (χ4v) is 2.89. The molecule has 0 fully saturated rings. The summed E-state index contributed by atoms with van der Waals surface area (Å²) in [5.41, 5.74) is 6.80. The molecular formula is C17H15ClINO3. The molecule has 0 aliphatic rings. The number of methoxy groups -OCH3 is 1. The Morgan fingerprint density at radius 3 is 2.74 bits per heavy atom. The van der Waals surface area contributed by atoms with Crippen molar-refractivity contribution in [2.75, 3.05) is 7.11 Å². The van der Waals surface area contributed by atoms with E-state index in [1.807, 2.05) is 30.3 Å². The SMILES string of the molecule is COc1cc(C=CC(N)=O)cc(I)c1OCc1ccccc1Cl. The fraction of sp³-hybridized carbons (Fsp3) is 0.118. The minimum atomic E-state index is -0.502. The molecule has 0 radical (unpaired) electrons. The van der Waals surface area contributed by atoms with Crippen molar-refractivity contribution < 1.29 is 14.3 Å². The van der Waals surface area contributed by atoms with Crippen molar-refractivity contribution in [1.29, 1.82) is 0 Å². The Kier molecular flexibility index (Phi) is 6.29. The van der Waals surface area contributed by atoms with Crippen LogP contribution < -0.4 is 15.2 Å². The van der Waals surface area contributed by atoms with Crippen LogP contribution in [-0.2, 0) is 11.4 Å². The van der Waals surface area contributed by atoms with Gasteiger partial charge in [0.05, 0.1) is 10.7 Å². The molecule has 4 nitrogen and oxygen atoms in total. The number of carbonyl (C=O) groups is 1. The van der Waals surface area contributed by atoms with Gasteiger partial charge in [0.15, 0.2) is 11.5 Å². The van der Waals surface area contributed by atoms with Crippen molar-refractivity contribution >= 4 is 46.2 Å². The summed E-state index contributed by atoms with van der Waals surface area (Å²) in [5.74, 6) is 0.704. The maximum atomic E-state index is 10.8. The molecule has 0 saturated carbocycles. The van der Waals surface area contributed by atoms with Gasteiger partial charge < -0.3 is 15.2 Å². The highest BCUT2D eigenvalue weighted by Gasteiger charge is 2.12. The number of ether oxygens (including phenoxy) is 2. The second-order valence-corrected chi connectivity index (χ2v) is 6.22. The van der Waals surface area contributed by atoms with Crippen LogP contribution in [0.2, 0.25) is 5.02 Å². The number of primary amides is 1. The highest BCUT2D eigenvalue weighted by Crippen LogP contribution is 2.35. The van der Waals surface area contributed by atoms with E-state index in [0.717, 1.165) is 14.7 Å². The molecule has 1 amide bonds. The van der Waals surface area contributed by atoms with Gasteiger partial charge in [-0.25, -0.2) is 0 Å². The molecule has 0 bridgehead atoms. The second-order valence-electron chi connectivity index (χ2n) is 4.65. The number of carbonyl (C=O) groups excluding carboxylic acids is 1. The monoisotopic (exact) mass is 443 g/mol. The van der Waals surface area contributed by atoms with Gasteiger partial charge in [0, 0.05) is 16.7 Å². The van der Waals surface area contributed by atoms with Crippen LogP contribution in [-0.4, -0.2) is 13.0 Å². The van der Waals surface area contributed by atoms with Crippen LogP contribution in [0.4, 0.5) is 0 Å². The lowest BCUT2D eigenvalue weighted by Crippen LogP contribution is -2.05. The zero-order valence-electron chi connectivity index (χ0n) is 12.4. The molecule has 23 heavy (non-hydrogen) atoms. The van der Waals surface area contributed by atoms with Gasteiger partial charge in [-0.1, -0.05) is 29.8 Å². The lowest BCUT2D eigenvalue weighted by molar-refractivity contribution is -0.113. The summed E-state index contributed by atoms with van der Waals surface area (Å²) in [7, 11) is 1.56. The molecule has 0 atom stereocenters. The average Bonchev–Trinajstić information content (AvgIpc) is 2.52. The quantitative estimate of drug-likeness (QED) is 0.542. The summed E-state index contributed by atoms with van der Waals surface area (Å²) in [6.45, 7) is 0.336. The summed E-state index contributed by atoms with van der Waals surface area (Å²) in [4.78, 5) is 10.8. The van der Waals surface area contributed by atoms with E-state index in [9.17, 15) is 4.79 Å². The second kappa shape index (κ2) is 8.21. The van der Waals surface area contributed by atoms with Crippen molar-refractivity contribution in [3.05, 3.63) is 62.2 Å². The Morgan fingerprint density at radius 2 is 2.09 bits per heavy atom. The van der Waals surface area contributed by atoms with E-state index in [1.165, 1.54) is 6.08 Å². The standard InChI is InChI=1S/C17H15ClINO3/c1-22-15-9-11(6-7-16(20)21)8-14(19)17(15)23-10-12-4-2-3-5-13(12)18/h2-9H,10H2,1H3,(H2,20,21). The Hall–Kier alpha value is -1.73. The molecule has 120 valence electrons. The van der Waals surface area contributed by atoms with Gasteiger partial charge in [-0.3, -0.25) is 4.79 Å². The Balaban J connectivity index is 2.24. The van der Waals surface area contributed by atoms with Crippen molar-refractivity contribution in [2.45, 2.75) is 6.61 Å². The topological polar surface area (TPSA) is 61.5 Å². The largest absolute Gasteiger partial charge is 0.493 e. The molecule has 0 spiro atoms. The Bertz CT molecular complexity index is 747. The van der Waals surface area contributed by atoms with E-state index in [-0.39, 0.29) is 0 Å². The van der Waals surface area contributed by atoms with Gasteiger partial charge >= 0.3 is 0 Å². The number of halogens is 2. The highest BCUT2D eigenvalue weighted by atomic mass is 127. The van der Waals surface area contributed by atoms with Crippen LogP contribution >= 0.6 is 34.2 Å². The zero-order valence-corrected chi connectivity index (χ0v) is 15.3. The van der Waals surface area contributed by atoms with Crippen LogP contribution in [0.3, 0.4) is 0 Å². The molecule has 2 aromatic carbocycles. The van der Waals surface area contributed by atoms with E-state index >= 15 is 0 Å². The van der Waals surface area contributed by atoms with E-state index in [4.69, 9.17) is 26.8 Å². The van der Waals surface area contributed by atoms with E-state index in [1.54, 1.807) is 19.3 Å². The van der Waals surface area contributed by atoms with Crippen molar-refractivity contribution in [3.8, 4) is 11.5 Å². The first-order chi connectivity index (χ1) is 11.0. The third-order valence-corrected chi connectivity index (χ3v) is 4.19. The maximum Gasteiger partial charge on any atom is 0.241 e. The zero-order chi connectivity index (χ0) is 16.8. The molecule has 0 unspecified atom stereocenters. The molecule has 0 aliphatic heterocycles. The van der Waals surface area contributed by atoms with Crippen molar-refractivity contribution in [2.24, 2.45) is 5.73 Å². The smallest absolute Gasteiger partial charge is 0.241 e. The van der Waals surface area contributed by atoms with Gasteiger partial charge in [-0.15, -0.1) is 0 Å². The predicted octanol–water partition coefficient (Wildman–Crippen LogP) is 4.03. The van der Waals surface area contributed by atoms with E-state index in [2.05, 4.69) is 22.6 Å². The molecule has 0 aromatic heterocycles. The van der Waals surface area contributed by atoms with Gasteiger partial charge in [-0.2, -0.15) is 0 Å². The van der Waals surface area contributed by atoms with Crippen LogP contribution in [0.5, 0.6) is 11.5 Å². The molecule has 0 heterocycles. The van der Waals surface area contributed by atoms with Crippen molar-refractivity contribution in [3.63, 3.8) is 0 Å². The number of benzene rings is 2. The van der Waals surface area contributed by atoms with Gasteiger partial charge in [0.25, 0.3) is 0 Å². The Labute approximate surface area is 153 Å². The maximum absolute atomic E-state index is 10.8. The third kappa shape index (κ3) is 4.87. The number of hydrogen-bond acceptors (Lipinski definition) is 3. The summed E-state index contributed by atoms with van der Waals surface area (Å²) in [6, 6.07) is 11.2. The summed E-state index contributed by atoms with van der Waals surface area (Å²) < 4.78 is 12.1. The predicted molar refractivity (Wildman–Crippen MR) is 99.7 cm³/mol. The summed E-state index contributed by atoms with van der Waals surface area (Å²) >= 11 is 8.29. The van der Waals surface area contributed by atoms with Crippen LogP contribution in [0.25, 0.3) is 6.08 Å². The van der Waals surface area contributed by atoms with E-state index < -0.39 is 5.91 Å². The molecule has 2 N–H and O–H groups in total. The molecule has 0 aliphatic carbocycles. The number of rotatable bonds is 6. The first-order valence-corrected chi connectivity index (χ1v) is 8.18. The lowest BCUT2D eigenvalue weighted by Gasteiger charge is -2.14. The normalized spacial score (nSPS) is 10.7. The minimum Gasteiger partial charge on any atom is -0.493 e. The molecule has 6 heteroatoms. The van der Waals surface area contributed by atoms with Gasteiger partial charge in [0.2, 0.25) is 5.91 Å². The summed E-state index contributed by atoms with van der Waals surface area (Å²) in [6.07, 6.45) is 2.93. The first-order valence-electron chi connectivity index (χ1n) is 6.72. The van der Waals surface area contributed by atoms with Gasteiger partial charge in [-0.05, 0) is 52.4 Å². The average molecular weight is 444 g/mol. The van der Waals surface area contributed by atoms with E-state index in [0.29, 0.717) is 23.1 Å². The first kappa shape index (κ1) is 17.6. The highest BCUT2D eigenvalue weighted by molar-refractivity contribution is 14.1. The molecular weight excluding hydrogens is 429 g/mol. The van der Waals surface area contributed by atoms with Crippen molar-refractivity contribution in [1.82, 2.24) is 0 Å². The number of hydrogen-bond donors (Lipinski definition) is 1. The van der Waals surface area contributed by atoms with Crippen LogP contribution in [0.15, 0.2) is 42.5 Å².